The van der Waals surface area contributed by atoms with Crippen LogP contribution in [-0.2, 0) is 4.74 Å². The van der Waals surface area contributed by atoms with Crippen LogP contribution in [0.2, 0.25) is 0 Å². The van der Waals surface area contributed by atoms with E-state index in [1.54, 1.807) is 32.9 Å². The van der Waals surface area contributed by atoms with Crippen molar-refractivity contribution in [3.05, 3.63) is 64.5 Å². The minimum atomic E-state index is -1.34. The molecule has 2 aromatic rings. The summed E-state index contributed by atoms with van der Waals surface area (Å²) < 4.78 is 10.6. The Labute approximate surface area is 219 Å². The second kappa shape index (κ2) is 14.7. The molecule has 0 unspecified atom stereocenters. The molecule has 0 saturated heterocycles. The number of nitrogens with one attached hydrogen (secondary N) is 2. The number of nitrogens with zero attached hydrogens (tertiary/aromatic N) is 6. The fraction of sp³-hybridized carbons (Fsp3) is 0.375. The second-order valence-corrected chi connectivity index (χ2v) is 8.67. The van der Waals surface area contributed by atoms with Crippen LogP contribution in [-0.4, -0.2) is 55.0 Å². The van der Waals surface area contributed by atoms with E-state index < -0.39 is 17.8 Å². The summed E-state index contributed by atoms with van der Waals surface area (Å²) in [6.07, 6.45) is -1.36. The topological polar surface area (TPSA) is 191 Å². The molecule has 0 aromatic heterocycles. The quantitative estimate of drug-likeness (QED) is 0.112. The van der Waals surface area contributed by atoms with Crippen LogP contribution in [0, 0.1) is 0 Å². The highest BCUT2D eigenvalue weighted by molar-refractivity contribution is 5.94. The molecular weight excluding hydrogens is 496 g/mol. The van der Waals surface area contributed by atoms with Crippen molar-refractivity contribution in [1.29, 1.82) is 0 Å². The lowest BCUT2D eigenvalue weighted by Gasteiger charge is -2.19. The third kappa shape index (κ3) is 10.8. The summed E-state index contributed by atoms with van der Waals surface area (Å²) in [5, 5.41) is 26.6. The maximum atomic E-state index is 12.3. The summed E-state index contributed by atoms with van der Waals surface area (Å²) in [4.78, 5) is 38.2. The molecule has 0 fully saturated rings. The molecule has 2 aromatic carbocycles. The van der Waals surface area contributed by atoms with Gasteiger partial charge in [0.05, 0.1) is 18.0 Å². The monoisotopic (exact) mass is 526 g/mol. The molecule has 0 radical (unpaired) electrons. The van der Waals surface area contributed by atoms with Gasteiger partial charge in [-0.05, 0) is 81.3 Å². The van der Waals surface area contributed by atoms with Crippen LogP contribution in [0.3, 0.4) is 0 Å². The molecular formula is C24H30N8O6. The molecule has 202 valence electrons. The lowest BCUT2D eigenvalue weighted by atomic mass is 10.2. The predicted molar refractivity (Wildman–Crippen MR) is 139 cm³/mol. The summed E-state index contributed by atoms with van der Waals surface area (Å²) in [7, 11) is 0. The highest BCUT2D eigenvalue weighted by Gasteiger charge is 2.16. The Balaban J connectivity index is 1.88. The lowest BCUT2D eigenvalue weighted by molar-refractivity contribution is 0.0526. The van der Waals surface area contributed by atoms with Crippen molar-refractivity contribution in [2.75, 3.05) is 31.3 Å². The van der Waals surface area contributed by atoms with E-state index in [-0.39, 0.29) is 24.7 Å². The van der Waals surface area contributed by atoms with Crippen LogP contribution >= 0.6 is 0 Å². The minimum absolute atomic E-state index is 0.197. The van der Waals surface area contributed by atoms with Gasteiger partial charge in [0.25, 0.3) is 5.91 Å². The van der Waals surface area contributed by atoms with E-state index in [2.05, 4.69) is 31.0 Å². The number of carbonyl (C=O) groups is 3. The van der Waals surface area contributed by atoms with Gasteiger partial charge in [0.1, 0.15) is 11.4 Å². The molecule has 0 saturated carbocycles. The summed E-state index contributed by atoms with van der Waals surface area (Å²) in [5.74, 6) is 0.165. The van der Waals surface area contributed by atoms with E-state index in [0.717, 1.165) is 0 Å². The second-order valence-electron chi connectivity index (χ2n) is 8.67. The van der Waals surface area contributed by atoms with Gasteiger partial charge in [0, 0.05) is 30.1 Å². The largest absolute Gasteiger partial charge is 0.494 e. The van der Waals surface area contributed by atoms with Crippen molar-refractivity contribution in [2.45, 2.75) is 32.8 Å². The molecule has 3 N–H and O–H groups in total. The Kier molecular flexibility index (Phi) is 11.3. The first kappa shape index (κ1) is 29.4. The molecule has 0 heterocycles. The number of alkyl carbamates (subject to hydrolysis) is 1. The van der Waals surface area contributed by atoms with Crippen molar-refractivity contribution in [1.82, 2.24) is 10.6 Å². The first-order chi connectivity index (χ1) is 18.1. The number of hydrogen-bond acceptors (Lipinski definition) is 8. The van der Waals surface area contributed by atoms with Gasteiger partial charge in [-0.2, -0.15) is 0 Å². The standard InChI is InChI=1S/C24H30N8O6/c1-24(2,3)38-22(34)27-15-14-26-21(33)17-5-7-18(8-6-17)29-31-32(23(35)36)19-9-11-20(12-10-19)37-16-4-13-28-30-25/h5-12H,4,13-16H2,1-3H3,(H,26,33)(H,27,34)(H,35,36). The summed E-state index contributed by atoms with van der Waals surface area (Å²) in [5.41, 5.74) is 8.58. The van der Waals surface area contributed by atoms with Crippen LogP contribution in [0.4, 0.5) is 21.0 Å². The summed E-state index contributed by atoms with van der Waals surface area (Å²) >= 11 is 0. The van der Waals surface area contributed by atoms with Crippen molar-refractivity contribution in [2.24, 2.45) is 15.5 Å². The van der Waals surface area contributed by atoms with Crippen LogP contribution in [0.15, 0.2) is 64.0 Å². The summed E-state index contributed by atoms with van der Waals surface area (Å²) in [6.45, 7) is 6.33. The molecule has 2 rings (SSSR count). The van der Waals surface area contributed by atoms with Gasteiger partial charge in [-0.3, -0.25) is 4.79 Å². The smallest absolute Gasteiger partial charge is 0.434 e. The van der Waals surface area contributed by atoms with Gasteiger partial charge in [0.15, 0.2) is 0 Å². The maximum Gasteiger partial charge on any atom is 0.434 e. The van der Waals surface area contributed by atoms with E-state index in [9.17, 15) is 19.5 Å². The Morgan fingerprint density at radius 1 is 1.03 bits per heavy atom. The molecule has 0 aliphatic carbocycles. The van der Waals surface area contributed by atoms with E-state index in [1.807, 2.05) is 0 Å². The molecule has 3 amide bonds. The minimum Gasteiger partial charge on any atom is -0.494 e. The third-order valence-corrected chi connectivity index (χ3v) is 4.45. The Morgan fingerprint density at radius 2 is 1.68 bits per heavy atom. The number of ether oxygens (including phenoxy) is 2. The van der Waals surface area contributed by atoms with Crippen molar-refractivity contribution in [3.63, 3.8) is 0 Å². The SMILES string of the molecule is CC(C)(C)OC(=O)NCCNC(=O)c1ccc(N=NN(C(=O)O)c2ccc(OCCCN=[N+]=[N-])cc2)cc1. The molecule has 14 heteroatoms. The van der Waals surface area contributed by atoms with E-state index >= 15 is 0 Å². The molecule has 0 aliphatic heterocycles. The van der Waals surface area contributed by atoms with Gasteiger partial charge in [0.2, 0.25) is 0 Å². The van der Waals surface area contributed by atoms with Gasteiger partial charge in [-0.25, -0.2) is 9.59 Å². The molecule has 0 bridgehead atoms. The molecule has 0 atom stereocenters. The number of hydrogen-bond donors (Lipinski definition) is 3. The zero-order valence-corrected chi connectivity index (χ0v) is 21.3. The van der Waals surface area contributed by atoms with Crippen LogP contribution in [0.5, 0.6) is 5.75 Å². The number of carbonyl (C=O) groups excluding carboxylic acids is 2. The molecule has 38 heavy (non-hydrogen) atoms. The normalized spacial score (nSPS) is 10.8. The van der Waals surface area contributed by atoms with Gasteiger partial charge in [-0.15, -0.1) is 10.1 Å². The number of rotatable bonds is 12. The number of anilines is 1. The molecule has 0 spiro atoms. The average Bonchev–Trinajstić information content (AvgIpc) is 2.86. The highest BCUT2D eigenvalue weighted by Crippen LogP contribution is 2.22. The Bertz CT molecular complexity index is 1160. The van der Waals surface area contributed by atoms with Crippen molar-refractivity contribution >= 4 is 29.5 Å². The van der Waals surface area contributed by atoms with Crippen molar-refractivity contribution < 1.29 is 29.0 Å². The zero-order valence-electron chi connectivity index (χ0n) is 21.3. The lowest BCUT2D eigenvalue weighted by Crippen LogP contribution is -2.37. The van der Waals surface area contributed by atoms with Crippen molar-refractivity contribution in [3.8, 4) is 5.75 Å². The van der Waals surface area contributed by atoms with E-state index in [0.29, 0.717) is 41.6 Å². The zero-order chi connectivity index (χ0) is 28.0. The average molecular weight is 527 g/mol. The maximum absolute atomic E-state index is 12.3. The van der Waals surface area contributed by atoms with Gasteiger partial charge in [-0.1, -0.05) is 10.3 Å². The Hall–Kier alpha value is -4.84. The fourth-order valence-electron chi connectivity index (χ4n) is 2.79. The van der Waals surface area contributed by atoms with E-state index in [4.69, 9.17) is 15.0 Å². The first-order valence-corrected chi connectivity index (χ1v) is 11.6. The number of carboxylic acid groups (broad SMARTS) is 1. The first-order valence-electron chi connectivity index (χ1n) is 11.6. The van der Waals surface area contributed by atoms with Crippen LogP contribution in [0.1, 0.15) is 37.6 Å². The number of benzene rings is 2. The number of azide groups is 1. The molecule has 0 aliphatic rings. The highest BCUT2D eigenvalue weighted by atomic mass is 16.6. The van der Waals surface area contributed by atoms with E-state index in [1.165, 1.54) is 36.4 Å². The fourth-order valence-corrected chi connectivity index (χ4v) is 2.79. The Morgan fingerprint density at radius 3 is 2.29 bits per heavy atom. The number of amides is 3. The summed E-state index contributed by atoms with van der Waals surface area (Å²) in [6, 6.07) is 12.3. The molecule has 14 nitrogen and oxygen atoms in total. The van der Waals surface area contributed by atoms with Gasteiger partial charge < -0.3 is 25.2 Å². The van der Waals surface area contributed by atoms with Crippen LogP contribution in [0.25, 0.3) is 10.4 Å². The van der Waals surface area contributed by atoms with Gasteiger partial charge >= 0.3 is 12.2 Å². The van der Waals surface area contributed by atoms with Crippen LogP contribution < -0.4 is 20.4 Å². The third-order valence-electron chi connectivity index (χ3n) is 4.45. The predicted octanol–water partition coefficient (Wildman–Crippen LogP) is 5.20.